The van der Waals surface area contributed by atoms with E-state index in [9.17, 15) is 14.9 Å². The lowest BCUT2D eigenvalue weighted by molar-refractivity contribution is -0.386. The summed E-state index contributed by atoms with van der Waals surface area (Å²) < 4.78 is 5.64. The highest BCUT2D eigenvalue weighted by atomic mass is 16.6. The number of nitrogens with zero attached hydrogens (tertiary/aromatic N) is 1. The molecule has 102 valence electrons. The molecule has 2 N–H and O–H groups in total. The molecule has 1 heterocycles. The van der Waals surface area contributed by atoms with Crippen LogP contribution in [0.4, 0.5) is 5.69 Å². The molecule has 7 heteroatoms. The third-order valence-electron chi connectivity index (χ3n) is 3.08. The maximum atomic E-state index is 11.1. The van der Waals surface area contributed by atoms with Crippen molar-refractivity contribution in [3.8, 4) is 5.75 Å². The average molecular weight is 266 g/mol. The molecule has 0 amide bonds. The molecule has 1 fully saturated rings. The van der Waals surface area contributed by atoms with Crippen LogP contribution >= 0.6 is 0 Å². The number of nitro benzene ring substituents is 1. The Bertz CT molecular complexity index is 525. The summed E-state index contributed by atoms with van der Waals surface area (Å²) in [5.74, 6) is -0.871. The van der Waals surface area contributed by atoms with E-state index in [2.05, 4.69) is 5.32 Å². The average Bonchev–Trinajstić information content (AvgIpc) is 2.24. The van der Waals surface area contributed by atoms with Gasteiger partial charge in [-0.2, -0.15) is 0 Å². The van der Waals surface area contributed by atoms with Gasteiger partial charge in [0.1, 0.15) is 5.60 Å². The Hall–Kier alpha value is -2.15. The molecule has 0 atom stereocenters. The van der Waals surface area contributed by atoms with E-state index in [4.69, 9.17) is 9.84 Å². The smallest absolute Gasteiger partial charge is 0.313 e. The number of carboxylic acid groups (broad SMARTS) is 1. The van der Waals surface area contributed by atoms with E-state index < -0.39 is 16.5 Å². The molecule has 1 aromatic carbocycles. The lowest BCUT2D eigenvalue weighted by Gasteiger charge is -2.41. The second kappa shape index (κ2) is 4.85. The Balaban J connectivity index is 2.30. The third-order valence-corrected chi connectivity index (χ3v) is 3.08. The molecule has 1 aliphatic heterocycles. The number of nitrogens with one attached hydrogen (secondary N) is 1. The largest absolute Gasteiger partial charge is 0.481 e. The number of carbonyl (C=O) groups is 1. The minimum atomic E-state index is -0.989. The minimum Gasteiger partial charge on any atom is -0.481 e. The van der Waals surface area contributed by atoms with Gasteiger partial charge >= 0.3 is 11.7 Å². The number of para-hydroxylation sites is 1. The number of rotatable bonds is 5. The number of aliphatic carboxylic acids is 1. The molecule has 7 nitrogen and oxygen atoms in total. The minimum absolute atomic E-state index is 0.112. The zero-order chi connectivity index (χ0) is 14.0. The van der Waals surface area contributed by atoms with Crippen molar-refractivity contribution in [3.63, 3.8) is 0 Å². The quantitative estimate of drug-likeness (QED) is 0.611. The fourth-order valence-electron chi connectivity index (χ4n) is 2.09. The van der Waals surface area contributed by atoms with Crippen LogP contribution < -0.4 is 10.1 Å². The molecule has 2 rings (SSSR count). The van der Waals surface area contributed by atoms with Crippen LogP contribution in [0, 0.1) is 17.0 Å². The van der Waals surface area contributed by atoms with Crippen molar-refractivity contribution in [2.75, 3.05) is 13.1 Å². The summed E-state index contributed by atoms with van der Waals surface area (Å²) >= 11 is 0. The number of ether oxygens (including phenoxy) is 1. The number of aryl methyl sites for hydroxylation is 1. The van der Waals surface area contributed by atoms with E-state index in [1.807, 2.05) is 0 Å². The van der Waals surface area contributed by atoms with Gasteiger partial charge in [0, 0.05) is 18.7 Å². The van der Waals surface area contributed by atoms with Crippen molar-refractivity contribution in [3.05, 3.63) is 33.9 Å². The first kappa shape index (κ1) is 13.3. The van der Waals surface area contributed by atoms with E-state index in [1.54, 1.807) is 19.1 Å². The first-order valence-corrected chi connectivity index (χ1v) is 5.79. The monoisotopic (exact) mass is 266 g/mol. The van der Waals surface area contributed by atoms with Gasteiger partial charge in [0.25, 0.3) is 0 Å². The van der Waals surface area contributed by atoms with Gasteiger partial charge in [0.2, 0.25) is 0 Å². The lowest BCUT2D eigenvalue weighted by Crippen LogP contribution is -2.64. The highest BCUT2D eigenvalue weighted by Gasteiger charge is 2.43. The molecular weight excluding hydrogens is 252 g/mol. The van der Waals surface area contributed by atoms with E-state index >= 15 is 0 Å². The highest BCUT2D eigenvalue weighted by Crippen LogP contribution is 2.35. The van der Waals surface area contributed by atoms with E-state index in [-0.39, 0.29) is 17.9 Å². The summed E-state index contributed by atoms with van der Waals surface area (Å²) in [4.78, 5) is 21.4. The van der Waals surface area contributed by atoms with Crippen molar-refractivity contribution in [1.82, 2.24) is 5.32 Å². The van der Waals surface area contributed by atoms with Crippen LogP contribution in [0.3, 0.4) is 0 Å². The Labute approximate surface area is 109 Å². The van der Waals surface area contributed by atoms with Crippen LogP contribution in [0.2, 0.25) is 0 Å². The normalized spacial score (nSPS) is 16.5. The molecule has 19 heavy (non-hydrogen) atoms. The summed E-state index contributed by atoms with van der Waals surface area (Å²) in [5, 5.41) is 22.9. The zero-order valence-electron chi connectivity index (χ0n) is 10.4. The molecule has 1 saturated heterocycles. The second-order valence-electron chi connectivity index (χ2n) is 4.64. The van der Waals surface area contributed by atoms with Gasteiger partial charge in [-0.25, -0.2) is 0 Å². The molecule has 0 aromatic heterocycles. The number of nitro groups is 1. The van der Waals surface area contributed by atoms with Gasteiger partial charge in [0.05, 0.1) is 11.3 Å². The van der Waals surface area contributed by atoms with Crippen molar-refractivity contribution < 1.29 is 19.6 Å². The van der Waals surface area contributed by atoms with Gasteiger partial charge in [-0.15, -0.1) is 0 Å². The van der Waals surface area contributed by atoms with E-state index in [1.165, 1.54) is 6.07 Å². The molecule has 0 bridgehead atoms. The van der Waals surface area contributed by atoms with Crippen molar-refractivity contribution in [2.45, 2.75) is 18.9 Å². The maximum absolute atomic E-state index is 11.1. The third kappa shape index (κ3) is 2.65. The Morgan fingerprint density at radius 1 is 1.58 bits per heavy atom. The zero-order valence-corrected chi connectivity index (χ0v) is 10.4. The van der Waals surface area contributed by atoms with E-state index in [0.717, 1.165) is 0 Å². The standard InChI is InChI=1S/C12H14N2O5/c1-8-3-2-4-9(11(8)14(17)18)19-12(5-10(15)16)6-13-7-12/h2-4,13H,5-7H2,1H3,(H,15,16). The fourth-order valence-corrected chi connectivity index (χ4v) is 2.09. The van der Waals surface area contributed by atoms with Gasteiger partial charge in [0.15, 0.2) is 5.75 Å². The Kier molecular flexibility index (Phi) is 3.39. The number of hydrogen-bond donors (Lipinski definition) is 2. The molecule has 1 aliphatic rings. The Morgan fingerprint density at radius 2 is 2.26 bits per heavy atom. The predicted molar refractivity (Wildman–Crippen MR) is 66.3 cm³/mol. The van der Waals surface area contributed by atoms with Gasteiger partial charge in [-0.1, -0.05) is 12.1 Å². The molecule has 0 aliphatic carbocycles. The summed E-state index contributed by atoms with van der Waals surface area (Å²) in [6.07, 6.45) is -0.189. The molecule has 0 spiro atoms. The molecule has 0 saturated carbocycles. The lowest BCUT2D eigenvalue weighted by atomic mass is 9.92. The summed E-state index contributed by atoms with van der Waals surface area (Å²) in [6.45, 7) is 2.35. The summed E-state index contributed by atoms with van der Waals surface area (Å²) in [7, 11) is 0. The number of carboxylic acids is 1. The molecule has 0 unspecified atom stereocenters. The van der Waals surface area contributed by atoms with Crippen LogP contribution in [-0.2, 0) is 4.79 Å². The molecular formula is C12H14N2O5. The maximum Gasteiger partial charge on any atom is 0.313 e. The number of benzene rings is 1. The van der Waals surface area contributed by atoms with Gasteiger partial charge in [-0.05, 0) is 13.0 Å². The van der Waals surface area contributed by atoms with E-state index in [0.29, 0.717) is 18.7 Å². The Morgan fingerprint density at radius 3 is 2.74 bits per heavy atom. The van der Waals surface area contributed by atoms with Crippen LogP contribution in [-0.4, -0.2) is 34.7 Å². The fraction of sp³-hybridized carbons (Fsp3) is 0.417. The van der Waals surface area contributed by atoms with Crippen LogP contribution in [0.25, 0.3) is 0 Å². The topological polar surface area (TPSA) is 102 Å². The van der Waals surface area contributed by atoms with Gasteiger partial charge < -0.3 is 15.2 Å². The SMILES string of the molecule is Cc1cccc(OC2(CC(=O)O)CNC2)c1[N+](=O)[O-]. The molecule has 1 aromatic rings. The summed E-state index contributed by atoms with van der Waals surface area (Å²) in [5.41, 5.74) is -0.524. The van der Waals surface area contributed by atoms with Gasteiger partial charge in [-0.3, -0.25) is 14.9 Å². The first-order chi connectivity index (χ1) is 8.93. The molecule has 0 radical (unpaired) electrons. The van der Waals surface area contributed by atoms with Crippen molar-refractivity contribution >= 4 is 11.7 Å². The van der Waals surface area contributed by atoms with Crippen molar-refractivity contribution in [2.24, 2.45) is 0 Å². The highest BCUT2D eigenvalue weighted by molar-refractivity contribution is 5.69. The van der Waals surface area contributed by atoms with Crippen LogP contribution in [0.5, 0.6) is 5.75 Å². The summed E-state index contributed by atoms with van der Waals surface area (Å²) in [6, 6.07) is 4.76. The first-order valence-electron chi connectivity index (χ1n) is 5.79. The predicted octanol–water partition coefficient (Wildman–Crippen LogP) is 1.10. The second-order valence-corrected chi connectivity index (χ2v) is 4.64. The number of hydrogen-bond acceptors (Lipinski definition) is 5. The van der Waals surface area contributed by atoms with Crippen molar-refractivity contribution in [1.29, 1.82) is 0 Å². The van der Waals surface area contributed by atoms with Crippen LogP contribution in [0.15, 0.2) is 18.2 Å². The van der Waals surface area contributed by atoms with Crippen LogP contribution in [0.1, 0.15) is 12.0 Å².